The molecule has 0 saturated carbocycles. The zero-order valence-electron chi connectivity index (χ0n) is 7.12. The number of carbonyl (C=O) groups is 1. The van der Waals surface area contributed by atoms with E-state index in [-0.39, 0.29) is 0 Å². The average Bonchev–Trinajstić information content (AvgIpc) is 2.30. The molecule has 0 aliphatic rings. The molecule has 0 aliphatic carbocycles. The van der Waals surface area contributed by atoms with Crippen molar-refractivity contribution in [1.82, 2.24) is 14.8 Å². The molecule has 0 atom stereocenters. The second-order valence-corrected chi connectivity index (χ2v) is 3.06. The second-order valence-electron chi connectivity index (χ2n) is 3.06. The Morgan fingerprint density at radius 3 is 2.00 bits per heavy atom. The van der Waals surface area contributed by atoms with E-state index in [4.69, 9.17) is 5.11 Å². The number of H-pyrrole nitrogens is 2. The summed E-state index contributed by atoms with van der Waals surface area (Å²) >= 11 is 0. The van der Waals surface area contributed by atoms with Crippen LogP contribution in [0.2, 0.25) is 0 Å². The monoisotopic (exact) mass is 187 g/mol. The van der Waals surface area contributed by atoms with Crippen molar-refractivity contribution >= 4 is 5.97 Å². The van der Waals surface area contributed by atoms with Crippen molar-refractivity contribution in [3.8, 4) is 0 Å². The van der Waals surface area contributed by atoms with Crippen LogP contribution in [0.4, 0.5) is 0 Å². The van der Waals surface area contributed by atoms with E-state index in [0.29, 0.717) is 4.57 Å². The number of rotatable bonds is 2. The highest BCUT2D eigenvalue weighted by molar-refractivity contribution is 5.75. The Hall–Kier alpha value is -1.79. The average molecular weight is 187 g/mol. The van der Waals surface area contributed by atoms with E-state index in [1.54, 1.807) is 0 Å². The third-order valence-corrected chi connectivity index (χ3v) is 1.76. The van der Waals surface area contributed by atoms with Gasteiger partial charge in [0.15, 0.2) is 0 Å². The molecule has 0 aliphatic heterocycles. The van der Waals surface area contributed by atoms with Gasteiger partial charge < -0.3 is 5.11 Å². The first-order valence-corrected chi connectivity index (χ1v) is 3.51. The molecule has 0 fully saturated rings. The quantitative estimate of drug-likeness (QED) is 0.533. The van der Waals surface area contributed by atoms with Crippen LogP contribution < -0.4 is 11.4 Å². The standard InChI is InChI=1S/C6H9N3O4/c1-6(2,3(10)11)9-4(12)7-8-5(9)13/h1-2H3,(H,7,12)(H,8,13)(H,10,11). The largest absolute Gasteiger partial charge is 0.480 e. The highest BCUT2D eigenvalue weighted by Crippen LogP contribution is 2.08. The lowest BCUT2D eigenvalue weighted by atomic mass is 10.1. The molecule has 1 aromatic heterocycles. The Bertz CT molecular complexity index is 408. The summed E-state index contributed by atoms with van der Waals surface area (Å²) in [6.45, 7) is 2.53. The molecule has 1 aromatic rings. The zero-order chi connectivity index (χ0) is 10.2. The normalized spacial score (nSPS) is 11.5. The molecule has 0 saturated heterocycles. The zero-order valence-corrected chi connectivity index (χ0v) is 7.12. The van der Waals surface area contributed by atoms with Gasteiger partial charge in [0, 0.05) is 0 Å². The van der Waals surface area contributed by atoms with Crippen LogP contribution in [0, 0.1) is 0 Å². The van der Waals surface area contributed by atoms with E-state index < -0.39 is 22.9 Å². The van der Waals surface area contributed by atoms with Gasteiger partial charge in [0.1, 0.15) is 5.54 Å². The summed E-state index contributed by atoms with van der Waals surface area (Å²) in [5.41, 5.74) is -3.08. The van der Waals surface area contributed by atoms with Gasteiger partial charge in [-0.05, 0) is 13.8 Å². The predicted molar refractivity (Wildman–Crippen MR) is 42.6 cm³/mol. The molecule has 13 heavy (non-hydrogen) atoms. The highest BCUT2D eigenvalue weighted by atomic mass is 16.4. The van der Waals surface area contributed by atoms with Crippen molar-refractivity contribution in [2.24, 2.45) is 0 Å². The van der Waals surface area contributed by atoms with Crippen LogP contribution in [-0.4, -0.2) is 25.8 Å². The number of nitrogens with zero attached hydrogens (tertiary/aromatic N) is 1. The molecule has 1 rings (SSSR count). The number of nitrogens with one attached hydrogen (secondary N) is 2. The van der Waals surface area contributed by atoms with Gasteiger partial charge in [0.2, 0.25) is 0 Å². The Morgan fingerprint density at radius 2 is 1.69 bits per heavy atom. The van der Waals surface area contributed by atoms with Crippen LogP contribution in [-0.2, 0) is 10.3 Å². The molecule has 7 heteroatoms. The molecule has 0 radical (unpaired) electrons. The number of hydrogen-bond donors (Lipinski definition) is 3. The van der Waals surface area contributed by atoms with E-state index in [2.05, 4.69) is 0 Å². The number of carboxylic acid groups (broad SMARTS) is 1. The summed E-state index contributed by atoms with van der Waals surface area (Å²) in [6.07, 6.45) is 0. The minimum Gasteiger partial charge on any atom is -0.480 e. The first-order chi connectivity index (χ1) is 5.87. The molecular weight excluding hydrogens is 178 g/mol. The lowest BCUT2D eigenvalue weighted by molar-refractivity contribution is -0.146. The molecule has 0 unspecified atom stereocenters. The summed E-state index contributed by atoms with van der Waals surface area (Å²) in [5, 5.41) is 12.7. The molecule has 0 aromatic carbocycles. The smallest absolute Gasteiger partial charge is 0.345 e. The summed E-state index contributed by atoms with van der Waals surface area (Å²) in [5.74, 6) is -1.25. The van der Waals surface area contributed by atoms with Crippen molar-refractivity contribution in [2.75, 3.05) is 0 Å². The van der Waals surface area contributed by atoms with Crippen molar-refractivity contribution in [2.45, 2.75) is 19.4 Å². The predicted octanol–water partition coefficient (Wildman–Crippen LogP) is -1.32. The number of aliphatic carboxylic acids is 1. The van der Waals surface area contributed by atoms with Crippen LogP contribution in [0.3, 0.4) is 0 Å². The SMILES string of the molecule is CC(C)(C(=O)O)n1c(=O)[nH][nH]c1=O. The molecule has 0 bridgehead atoms. The first kappa shape index (κ1) is 9.30. The minimum absolute atomic E-state index is 0.606. The topological polar surface area (TPSA) is 108 Å². The van der Waals surface area contributed by atoms with Crippen LogP contribution >= 0.6 is 0 Å². The van der Waals surface area contributed by atoms with Gasteiger partial charge in [-0.2, -0.15) is 0 Å². The molecule has 1 heterocycles. The van der Waals surface area contributed by atoms with Crippen molar-refractivity contribution in [1.29, 1.82) is 0 Å². The Kier molecular flexibility index (Phi) is 1.87. The Morgan fingerprint density at radius 1 is 1.31 bits per heavy atom. The van der Waals surface area contributed by atoms with Gasteiger partial charge in [-0.3, -0.25) is 0 Å². The van der Waals surface area contributed by atoms with Gasteiger partial charge >= 0.3 is 17.3 Å². The lowest BCUT2D eigenvalue weighted by Crippen LogP contribution is -2.46. The van der Waals surface area contributed by atoms with Crippen molar-refractivity contribution < 1.29 is 9.90 Å². The lowest BCUT2D eigenvalue weighted by Gasteiger charge is -2.17. The van der Waals surface area contributed by atoms with Crippen LogP contribution in [0.1, 0.15) is 13.8 Å². The van der Waals surface area contributed by atoms with Gasteiger partial charge in [-0.15, -0.1) is 0 Å². The van der Waals surface area contributed by atoms with Crippen molar-refractivity contribution in [3.05, 3.63) is 21.0 Å². The summed E-state index contributed by atoms with van der Waals surface area (Å²) in [7, 11) is 0. The van der Waals surface area contributed by atoms with Gasteiger partial charge in [-0.25, -0.2) is 29.1 Å². The molecule has 7 nitrogen and oxygen atoms in total. The summed E-state index contributed by atoms with van der Waals surface area (Å²) in [6, 6.07) is 0. The van der Waals surface area contributed by atoms with E-state index >= 15 is 0 Å². The maximum absolute atomic E-state index is 11.0. The Labute approximate surface area is 72.0 Å². The van der Waals surface area contributed by atoms with Crippen LogP contribution in [0.5, 0.6) is 0 Å². The molecule has 3 N–H and O–H groups in total. The second kappa shape index (κ2) is 2.61. The molecule has 0 spiro atoms. The Balaban J connectivity index is 3.46. The van der Waals surface area contributed by atoms with Gasteiger partial charge in [0.25, 0.3) is 0 Å². The fourth-order valence-electron chi connectivity index (χ4n) is 0.914. The fraction of sp³-hybridized carbons (Fsp3) is 0.500. The first-order valence-electron chi connectivity index (χ1n) is 3.51. The molecule has 0 amide bonds. The van der Waals surface area contributed by atoms with Gasteiger partial charge in [0.05, 0.1) is 0 Å². The molecule has 72 valence electrons. The summed E-state index contributed by atoms with van der Waals surface area (Å²) < 4.78 is 0.606. The van der Waals surface area contributed by atoms with Crippen LogP contribution in [0.15, 0.2) is 9.59 Å². The van der Waals surface area contributed by atoms with Gasteiger partial charge in [-0.1, -0.05) is 0 Å². The minimum atomic E-state index is -1.55. The van der Waals surface area contributed by atoms with E-state index in [0.717, 1.165) is 0 Å². The van der Waals surface area contributed by atoms with E-state index in [1.165, 1.54) is 13.8 Å². The highest BCUT2D eigenvalue weighted by Gasteiger charge is 2.33. The van der Waals surface area contributed by atoms with E-state index in [9.17, 15) is 14.4 Å². The number of carboxylic acids is 1. The number of aromatic amines is 2. The number of aromatic nitrogens is 3. The maximum Gasteiger partial charge on any atom is 0.345 e. The number of hydrogen-bond acceptors (Lipinski definition) is 3. The van der Waals surface area contributed by atoms with Crippen LogP contribution in [0.25, 0.3) is 0 Å². The fourth-order valence-corrected chi connectivity index (χ4v) is 0.914. The third-order valence-electron chi connectivity index (χ3n) is 1.76. The third kappa shape index (κ3) is 1.28. The summed E-state index contributed by atoms with van der Waals surface area (Å²) in [4.78, 5) is 32.7. The van der Waals surface area contributed by atoms with E-state index in [1.807, 2.05) is 10.2 Å². The maximum atomic E-state index is 11.0. The van der Waals surface area contributed by atoms with Crippen molar-refractivity contribution in [3.63, 3.8) is 0 Å². The molecular formula is C6H9N3O4.